The zero-order valence-corrected chi connectivity index (χ0v) is 19.6. The number of allylic oxidation sites excluding steroid dienone is 3. The van der Waals surface area contributed by atoms with Crippen molar-refractivity contribution in [2.75, 3.05) is 0 Å². The number of rotatable bonds is 2. The van der Waals surface area contributed by atoms with Crippen LogP contribution in [0.4, 0.5) is 0 Å². The summed E-state index contributed by atoms with van der Waals surface area (Å²) in [6.45, 7) is 2.37. The zero-order valence-electron chi connectivity index (χ0n) is 18.9. The standard InChI is InChI=1S/C30H27ClN2/c1-30(33-29(11-5-6-19-32-33)21-8-3-2-4-9-21)18-7-10-27-26-14-12-22-20-23(31)13-15-24(22)25(26)16-17-28(27)30/h2-6,8-9,11,13,15-17,19-20H,7,10,12,14,18H2,1H3/t30-/m1/s1. The largest absolute Gasteiger partial charge is 0.255 e. The molecular weight excluding hydrogens is 424 g/mol. The van der Waals surface area contributed by atoms with Gasteiger partial charge in [0.05, 0.1) is 11.2 Å². The normalized spacial score (nSPS) is 21.0. The Morgan fingerprint density at radius 1 is 0.879 bits per heavy atom. The molecule has 1 aliphatic heterocycles. The summed E-state index contributed by atoms with van der Waals surface area (Å²) in [4.78, 5) is 0. The fourth-order valence-corrected chi connectivity index (χ4v) is 6.13. The summed E-state index contributed by atoms with van der Waals surface area (Å²) in [7, 11) is 0. The lowest BCUT2D eigenvalue weighted by atomic mass is 9.71. The second kappa shape index (κ2) is 8.04. The molecule has 0 spiro atoms. The van der Waals surface area contributed by atoms with Crippen molar-refractivity contribution < 1.29 is 0 Å². The maximum Gasteiger partial charge on any atom is 0.0857 e. The third-order valence-electron chi connectivity index (χ3n) is 7.50. The Kier molecular flexibility index (Phi) is 4.99. The molecule has 0 fully saturated rings. The molecule has 0 radical (unpaired) electrons. The van der Waals surface area contributed by atoms with Gasteiger partial charge < -0.3 is 0 Å². The van der Waals surface area contributed by atoms with Gasteiger partial charge in [-0.15, -0.1) is 0 Å². The Morgan fingerprint density at radius 2 is 1.73 bits per heavy atom. The van der Waals surface area contributed by atoms with E-state index in [-0.39, 0.29) is 5.54 Å². The minimum Gasteiger partial charge on any atom is -0.255 e. The third-order valence-corrected chi connectivity index (χ3v) is 7.74. The first-order chi connectivity index (χ1) is 16.1. The van der Waals surface area contributed by atoms with Crippen molar-refractivity contribution in [1.82, 2.24) is 5.01 Å². The molecule has 2 nitrogen and oxygen atoms in total. The van der Waals surface area contributed by atoms with E-state index >= 15 is 0 Å². The molecule has 3 aromatic rings. The predicted molar refractivity (Wildman–Crippen MR) is 138 cm³/mol. The van der Waals surface area contributed by atoms with Crippen molar-refractivity contribution in [3.8, 4) is 11.1 Å². The zero-order chi connectivity index (χ0) is 22.4. The van der Waals surface area contributed by atoms with Crippen molar-refractivity contribution in [2.24, 2.45) is 5.10 Å². The average molecular weight is 451 g/mol. The van der Waals surface area contributed by atoms with Gasteiger partial charge in [-0.05, 0) is 102 Å². The van der Waals surface area contributed by atoms with Gasteiger partial charge in [0.2, 0.25) is 0 Å². The monoisotopic (exact) mass is 450 g/mol. The maximum absolute atomic E-state index is 6.29. The van der Waals surface area contributed by atoms with Crippen LogP contribution in [0.15, 0.2) is 84.0 Å². The smallest absolute Gasteiger partial charge is 0.0857 e. The highest BCUT2D eigenvalue weighted by molar-refractivity contribution is 6.30. The predicted octanol–water partition coefficient (Wildman–Crippen LogP) is 7.56. The first-order valence-corrected chi connectivity index (χ1v) is 12.2. The Hall–Kier alpha value is -3.10. The highest BCUT2D eigenvalue weighted by Gasteiger charge is 2.41. The van der Waals surface area contributed by atoms with Gasteiger partial charge in [0.25, 0.3) is 0 Å². The molecule has 2 aliphatic carbocycles. The van der Waals surface area contributed by atoms with E-state index in [4.69, 9.17) is 16.7 Å². The van der Waals surface area contributed by atoms with E-state index in [1.165, 1.54) is 38.9 Å². The van der Waals surface area contributed by atoms with Crippen LogP contribution in [0, 0.1) is 0 Å². The molecule has 0 bridgehead atoms. The van der Waals surface area contributed by atoms with E-state index in [0.29, 0.717) is 0 Å². The van der Waals surface area contributed by atoms with Crippen LogP contribution in [0.25, 0.3) is 16.8 Å². The summed E-state index contributed by atoms with van der Waals surface area (Å²) < 4.78 is 0. The molecule has 6 rings (SSSR count). The van der Waals surface area contributed by atoms with Crippen molar-refractivity contribution in [3.63, 3.8) is 0 Å². The van der Waals surface area contributed by atoms with Crippen LogP contribution in [0.3, 0.4) is 0 Å². The van der Waals surface area contributed by atoms with E-state index < -0.39 is 0 Å². The second-order valence-electron chi connectivity index (χ2n) is 9.43. The van der Waals surface area contributed by atoms with Crippen molar-refractivity contribution >= 4 is 23.5 Å². The molecule has 1 heterocycles. The highest BCUT2D eigenvalue weighted by atomic mass is 35.5. The summed E-state index contributed by atoms with van der Waals surface area (Å²) in [5.74, 6) is 0. The molecular formula is C30H27ClN2. The number of benzene rings is 3. The average Bonchev–Trinajstić information content (AvgIpc) is 3.11. The fraction of sp³-hybridized carbons (Fsp3) is 0.233. The van der Waals surface area contributed by atoms with Crippen molar-refractivity contribution in [1.29, 1.82) is 0 Å². The summed E-state index contributed by atoms with van der Waals surface area (Å²) in [5.41, 5.74) is 10.7. The van der Waals surface area contributed by atoms with Gasteiger partial charge in [-0.2, -0.15) is 5.10 Å². The van der Waals surface area contributed by atoms with Crippen LogP contribution in [0.1, 0.15) is 47.6 Å². The van der Waals surface area contributed by atoms with Gasteiger partial charge in [-0.3, -0.25) is 5.01 Å². The van der Waals surface area contributed by atoms with Crippen LogP contribution < -0.4 is 0 Å². The molecule has 0 N–H and O–H groups in total. The van der Waals surface area contributed by atoms with Gasteiger partial charge in [-0.25, -0.2) is 0 Å². The van der Waals surface area contributed by atoms with Crippen LogP contribution in [-0.2, 0) is 24.8 Å². The molecule has 0 saturated heterocycles. The quantitative estimate of drug-likeness (QED) is 0.393. The summed E-state index contributed by atoms with van der Waals surface area (Å²) in [6.07, 6.45) is 13.7. The van der Waals surface area contributed by atoms with Gasteiger partial charge in [0, 0.05) is 11.2 Å². The maximum atomic E-state index is 6.29. The Morgan fingerprint density at radius 3 is 2.61 bits per heavy atom. The molecule has 1 atom stereocenters. The number of hydrogen-bond donors (Lipinski definition) is 0. The Balaban J connectivity index is 1.49. The molecule has 0 amide bonds. The lowest BCUT2D eigenvalue weighted by molar-refractivity contribution is 0.159. The Bertz CT molecular complexity index is 1320. The SMILES string of the molecule is C[C@@]1(N2N=CC=CC=C2c2ccccc2)CCCc2c1ccc1c2CCc2cc(Cl)ccc2-1. The highest BCUT2D eigenvalue weighted by Crippen LogP contribution is 2.48. The molecule has 0 aromatic heterocycles. The first kappa shape index (κ1) is 20.5. The number of nitrogens with zero attached hydrogens (tertiary/aromatic N) is 2. The molecule has 3 aromatic carbocycles. The van der Waals surface area contributed by atoms with E-state index in [9.17, 15) is 0 Å². The molecule has 3 heteroatoms. The molecule has 164 valence electrons. The van der Waals surface area contributed by atoms with Crippen molar-refractivity contribution in [3.05, 3.63) is 112 Å². The van der Waals surface area contributed by atoms with Crippen molar-refractivity contribution in [2.45, 2.75) is 44.6 Å². The van der Waals surface area contributed by atoms with Gasteiger partial charge >= 0.3 is 0 Å². The fourth-order valence-electron chi connectivity index (χ4n) is 5.93. The topological polar surface area (TPSA) is 15.6 Å². The van der Waals surface area contributed by atoms with Crippen LogP contribution >= 0.6 is 11.6 Å². The number of hydrazone groups is 1. The van der Waals surface area contributed by atoms with E-state index in [2.05, 4.69) is 78.7 Å². The lowest BCUT2D eigenvalue weighted by Crippen LogP contribution is -2.42. The molecule has 3 aliphatic rings. The first-order valence-electron chi connectivity index (χ1n) is 11.9. The summed E-state index contributed by atoms with van der Waals surface area (Å²) in [6, 6.07) is 21.7. The lowest BCUT2D eigenvalue weighted by Gasteiger charge is -2.45. The number of fused-ring (bicyclic) bond motifs is 5. The molecule has 0 unspecified atom stereocenters. The van der Waals surface area contributed by atoms with Crippen LogP contribution in [-0.4, -0.2) is 11.2 Å². The molecule has 0 saturated carbocycles. The number of aryl methyl sites for hydroxylation is 1. The summed E-state index contributed by atoms with van der Waals surface area (Å²) >= 11 is 6.29. The number of hydrogen-bond acceptors (Lipinski definition) is 2. The second-order valence-corrected chi connectivity index (χ2v) is 9.86. The van der Waals surface area contributed by atoms with E-state index in [1.807, 2.05) is 18.4 Å². The number of halogens is 1. The summed E-state index contributed by atoms with van der Waals surface area (Å²) in [5, 5.41) is 8.07. The Labute approximate surface area is 200 Å². The van der Waals surface area contributed by atoms with Gasteiger partial charge in [-0.1, -0.05) is 66.2 Å². The minimum absolute atomic E-state index is 0.201. The van der Waals surface area contributed by atoms with Gasteiger partial charge in [0.15, 0.2) is 0 Å². The van der Waals surface area contributed by atoms with E-state index in [0.717, 1.165) is 42.8 Å². The van der Waals surface area contributed by atoms with Gasteiger partial charge in [0.1, 0.15) is 0 Å². The molecule has 33 heavy (non-hydrogen) atoms. The third kappa shape index (κ3) is 3.36. The van der Waals surface area contributed by atoms with Crippen LogP contribution in [0.5, 0.6) is 0 Å². The van der Waals surface area contributed by atoms with E-state index in [1.54, 1.807) is 0 Å². The minimum atomic E-state index is -0.201. The van der Waals surface area contributed by atoms with Crippen LogP contribution in [0.2, 0.25) is 5.02 Å².